The van der Waals surface area contributed by atoms with E-state index in [9.17, 15) is 0 Å². The average Bonchev–Trinajstić information content (AvgIpc) is 3.01. The second-order valence-electron chi connectivity index (χ2n) is 6.05. The molecule has 0 radical (unpaired) electrons. The normalized spacial score (nSPS) is 15.5. The van der Waals surface area contributed by atoms with E-state index in [0.717, 1.165) is 38.0 Å². The van der Waals surface area contributed by atoms with Crippen molar-refractivity contribution in [3.05, 3.63) is 47.2 Å². The van der Waals surface area contributed by atoms with E-state index in [1.807, 2.05) is 0 Å². The molecule has 1 aliphatic rings. The Labute approximate surface area is 142 Å². The van der Waals surface area contributed by atoms with E-state index in [1.54, 1.807) is 0 Å². The summed E-state index contributed by atoms with van der Waals surface area (Å²) in [4.78, 5) is 2.30. The summed E-state index contributed by atoms with van der Waals surface area (Å²) in [6.45, 7) is 4.86. The summed E-state index contributed by atoms with van der Waals surface area (Å²) in [5.41, 5.74) is 4.90. The highest BCUT2D eigenvalue weighted by atomic mass is 32.1. The van der Waals surface area contributed by atoms with Gasteiger partial charge in [-0.05, 0) is 49.9 Å². The fourth-order valence-electron chi connectivity index (χ4n) is 2.86. The van der Waals surface area contributed by atoms with Gasteiger partial charge in [0.15, 0.2) is 0 Å². The molecule has 0 atom stereocenters. The third-order valence-electron chi connectivity index (χ3n) is 4.19. The minimum absolute atomic E-state index is 0.676. The van der Waals surface area contributed by atoms with Gasteiger partial charge in [-0.3, -0.25) is 0 Å². The Bertz CT molecular complexity index is 680. The van der Waals surface area contributed by atoms with Crippen LogP contribution in [0.3, 0.4) is 0 Å². The van der Waals surface area contributed by atoms with Crippen molar-refractivity contribution >= 4 is 17.3 Å². The monoisotopic (exact) mass is 329 g/mol. The van der Waals surface area contributed by atoms with Gasteiger partial charge in [0.2, 0.25) is 0 Å². The van der Waals surface area contributed by atoms with Gasteiger partial charge in [0.05, 0.1) is 18.3 Å². The van der Waals surface area contributed by atoms with Crippen molar-refractivity contribution in [1.82, 2.24) is 13.6 Å². The van der Waals surface area contributed by atoms with E-state index in [4.69, 9.17) is 4.74 Å². The number of aryl methyl sites for hydroxylation is 2. The van der Waals surface area contributed by atoms with E-state index in [1.165, 1.54) is 28.4 Å². The minimum Gasteiger partial charge on any atom is -0.475 e. The summed E-state index contributed by atoms with van der Waals surface area (Å²) < 4.78 is 14.7. The first-order valence-corrected chi connectivity index (χ1v) is 8.85. The SMILES string of the molecule is Cc1ccccc1CCCOc1nsnc1C1=CCCN(C)C1. The number of hydrogen-bond acceptors (Lipinski definition) is 5. The maximum Gasteiger partial charge on any atom is 0.253 e. The molecule has 0 aliphatic carbocycles. The number of ether oxygens (including phenoxy) is 1. The van der Waals surface area contributed by atoms with Crippen molar-refractivity contribution in [2.75, 3.05) is 26.7 Å². The second kappa shape index (κ2) is 7.70. The Hall–Kier alpha value is -1.72. The van der Waals surface area contributed by atoms with Crippen LogP contribution in [0.5, 0.6) is 5.88 Å². The molecule has 1 aromatic carbocycles. The Morgan fingerprint density at radius 3 is 2.96 bits per heavy atom. The van der Waals surface area contributed by atoms with Crippen molar-refractivity contribution in [3.63, 3.8) is 0 Å². The largest absolute Gasteiger partial charge is 0.475 e. The van der Waals surface area contributed by atoms with Crippen LogP contribution < -0.4 is 4.74 Å². The van der Waals surface area contributed by atoms with Gasteiger partial charge in [-0.1, -0.05) is 30.3 Å². The predicted octanol–water partition coefficient (Wildman–Crippen LogP) is 3.58. The maximum absolute atomic E-state index is 5.90. The summed E-state index contributed by atoms with van der Waals surface area (Å²) in [5.74, 6) is 0.696. The van der Waals surface area contributed by atoms with Crippen LogP contribution in [0.2, 0.25) is 0 Å². The molecule has 4 nitrogen and oxygen atoms in total. The van der Waals surface area contributed by atoms with Gasteiger partial charge < -0.3 is 9.64 Å². The first-order chi connectivity index (χ1) is 11.2. The first kappa shape index (κ1) is 16.1. The minimum atomic E-state index is 0.676. The van der Waals surface area contributed by atoms with Crippen LogP contribution in [0.25, 0.3) is 5.57 Å². The topological polar surface area (TPSA) is 38.3 Å². The first-order valence-electron chi connectivity index (χ1n) is 8.12. The molecule has 0 fully saturated rings. The second-order valence-corrected chi connectivity index (χ2v) is 6.58. The number of likely N-dealkylation sites (N-methyl/N-ethyl adjacent to an activating group) is 1. The lowest BCUT2D eigenvalue weighted by atomic mass is 10.0. The van der Waals surface area contributed by atoms with E-state index in [0.29, 0.717) is 12.5 Å². The molecular weight excluding hydrogens is 306 g/mol. The van der Waals surface area contributed by atoms with Crippen LogP contribution in [0.15, 0.2) is 30.3 Å². The van der Waals surface area contributed by atoms with Gasteiger partial charge in [0.1, 0.15) is 5.69 Å². The molecule has 0 saturated carbocycles. The number of benzene rings is 1. The molecule has 0 spiro atoms. The fourth-order valence-corrected chi connectivity index (χ4v) is 3.39. The molecular formula is C18H23N3OS. The molecule has 1 aliphatic heterocycles. The lowest BCUT2D eigenvalue weighted by Crippen LogP contribution is -2.25. The van der Waals surface area contributed by atoms with E-state index < -0.39 is 0 Å². The highest BCUT2D eigenvalue weighted by Crippen LogP contribution is 2.27. The zero-order chi connectivity index (χ0) is 16.1. The highest BCUT2D eigenvalue weighted by Gasteiger charge is 2.18. The third kappa shape index (κ3) is 4.18. The summed E-state index contributed by atoms with van der Waals surface area (Å²) >= 11 is 1.23. The summed E-state index contributed by atoms with van der Waals surface area (Å²) in [5, 5.41) is 0. The van der Waals surface area contributed by atoms with Crippen molar-refractivity contribution in [2.45, 2.75) is 26.2 Å². The van der Waals surface area contributed by atoms with Crippen LogP contribution in [-0.4, -0.2) is 40.4 Å². The summed E-state index contributed by atoms with van der Waals surface area (Å²) in [6, 6.07) is 8.52. The molecule has 1 aromatic heterocycles. The number of aromatic nitrogens is 2. The predicted molar refractivity (Wildman–Crippen MR) is 95.0 cm³/mol. The summed E-state index contributed by atoms with van der Waals surface area (Å²) in [6.07, 6.45) is 5.35. The van der Waals surface area contributed by atoms with Crippen molar-refractivity contribution in [2.24, 2.45) is 0 Å². The zero-order valence-electron chi connectivity index (χ0n) is 13.8. The van der Waals surface area contributed by atoms with Gasteiger partial charge in [-0.2, -0.15) is 4.37 Å². The van der Waals surface area contributed by atoms with E-state index in [-0.39, 0.29) is 0 Å². The van der Waals surface area contributed by atoms with Gasteiger partial charge in [0, 0.05) is 13.1 Å². The van der Waals surface area contributed by atoms with E-state index in [2.05, 4.69) is 58.0 Å². The standard InChI is InChI=1S/C18H23N3OS/c1-14-7-3-4-8-15(14)10-6-12-22-18-17(19-23-20-18)16-9-5-11-21(2)13-16/h3-4,7-9H,5-6,10-13H2,1-2H3. The van der Waals surface area contributed by atoms with Crippen molar-refractivity contribution < 1.29 is 4.74 Å². The molecule has 0 N–H and O–H groups in total. The van der Waals surface area contributed by atoms with Crippen LogP contribution in [0.1, 0.15) is 29.7 Å². The molecule has 0 unspecified atom stereocenters. The lowest BCUT2D eigenvalue weighted by Gasteiger charge is -2.22. The van der Waals surface area contributed by atoms with Crippen molar-refractivity contribution in [1.29, 1.82) is 0 Å². The number of nitrogens with zero attached hydrogens (tertiary/aromatic N) is 3. The molecule has 2 heterocycles. The van der Waals surface area contributed by atoms with Crippen molar-refractivity contribution in [3.8, 4) is 5.88 Å². The molecule has 122 valence electrons. The van der Waals surface area contributed by atoms with Gasteiger partial charge in [0.25, 0.3) is 5.88 Å². The quantitative estimate of drug-likeness (QED) is 0.759. The lowest BCUT2D eigenvalue weighted by molar-refractivity contribution is 0.300. The van der Waals surface area contributed by atoms with Crippen LogP contribution >= 0.6 is 11.7 Å². The molecule has 0 saturated heterocycles. The smallest absolute Gasteiger partial charge is 0.253 e. The molecule has 23 heavy (non-hydrogen) atoms. The number of hydrogen-bond donors (Lipinski definition) is 0. The molecule has 2 aromatic rings. The van der Waals surface area contributed by atoms with Crippen LogP contribution in [0.4, 0.5) is 0 Å². The Kier molecular flexibility index (Phi) is 5.41. The number of rotatable bonds is 6. The highest BCUT2D eigenvalue weighted by molar-refractivity contribution is 6.99. The Morgan fingerprint density at radius 2 is 2.13 bits per heavy atom. The molecule has 3 rings (SSSR count). The third-order valence-corrected chi connectivity index (χ3v) is 4.71. The molecule has 5 heteroatoms. The Balaban J connectivity index is 1.54. The fraction of sp³-hybridized carbons (Fsp3) is 0.444. The molecule has 0 amide bonds. The average molecular weight is 329 g/mol. The van der Waals surface area contributed by atoms with Gasteiger partial charge >= 0.3 is 0 Å². The maximum atomic E-state index is 5.90. The molecule has 0 bridgehead atoms. The van der Waals surface area contributed by atoms with Gasteiger partial charge in [-0.25, -0.2) is 0 Å². The van der Waals surface area contributed by atoms with Crippen LogP contribution in [0, 0.1) is 6.92 Å². The summed E-state index contributed by atoms with van der Waals surface area (Å²) in [7, 11) is 2.13. The Morgan fingerprint density at radius 1 is 1.26 bits per heavy atom. The van der Waals surface area contributed by atoms with Gasteiger partial charge in [-0.15, -0.1) is 4.37 Å². The van der Waals surface area contributed by atoms with E-state index >= 15 is 0 Å². The van der Waals surface area contributed by atoms with Crippen LogP contribution in [-0.2, 0) is 6.42 Å². The zero-order valence-corrected chi connectivity index (χ0v) is 14.6.